The third-order valence-electron chi connectivity index (χ3n) is 12.3. The molecule has 2 N–H and O–H groups in total. The number of carbonyl (C=O) groups excluding carboxylic acids is 2. The number of cyclic esters (lactones) is 1. The maximum Gasteiger partial charge on any atom is 0.309 e. The van der Waals surface area contributed by atoms with Crippen LogP contribution in [0.2, 0.25) is 0 Å². The van der Waals surface area contributed by atoms with E-state index in [1.807, 2.05) is 52.0 Å². The number of esters is 1. The van der Waals surface area contributed by atoms with E-state index in [0.717, 1.165) is 0 Å². The molecule has 15 nitrogen and oxygen atoms in total. The highest BCUT2D eigenvalue weighted by molar-refractivity contribution is 5.86. The second kappa shape index (κ2) is 19.0. The summed E-state index contributed by atoms with van der Waals surface area (Å²) in [6.45, 7) is 13.4. The molecule has 0 aromatic rings. The molecule has 17 atom stereocenters. The van der Waals surface area contributed by atoms with Crippen molar-refractivity contribution < 1.29 is 71.9 Å². The fourth-order valence-electron chi connectivity index (χ4n) is 8.66. The molecular weight excluding hydrogens is 732 g/mol. The van der Waals surface area contributed by atoms with Crippen LogP contribution in [-0.4, -0.2) is 149 Å². The number of carbonyl (C=O) groups is 2. The summed E-state index contributed by atoms with van der Waals surface area (Å²) in [7, 11) is 6.11. The van der Waals surface area contributed by atoms with Gasteiger partial charge in [-0.3, -0.25) is 9.59 Å². The zero-order chi connectivity index (χ0) is 41.1. The Morgan fingerprint density at radius 1 is 0.821 bits per heavy atom. The van der Waals surface area contributed by atoms with E-state index < -0.39 is 115 Å². The molecule has 5 heterocycles. The van der Waals surface area contributed by atoms with Crippen LogP contribution in [0.3, 0.4) is 0 Å². The number of hydrogen-bond acceptors (Lipinski definition) is 15. The van der Waals surface area contributed by atoms with Gasteiger partial charge in [0.2, 0.25) is 5.79 Å². The summed E-state index contributed by atoms with van der Waals surface area (Å²) in [5, 5.41) is 23.0. The van der Waals surface area contributed by atoms with Crippen molar-refractivity contribution in [1.29, 1.82) is 0 Å². The van der Waals surface area contributed by atoms with Crippen LogP contribution in [0.15, 0.2) is 24.3 Å². The van der Waals surface area contributed by atoms with Gasteiger partial charge < -0.3 is 62.3 Å². The molecule has 5 rings (SSSR count). The van der Waals surface area contributed by atoms with Crippen LogP contribution >= 0.6 is 0 Å². The number of methoxy groups -OCH3 is 4. The Morgan fingerprint density at radius 2 is 1.48 bits per heavy atom. The van der Waals surface area contributed by atoms with Gasteiger partial charge in [0.25, 0.3) is 0 Å². The average Bonchev–Trinajstić information content (AvgIpc) is 3.47. The number of hydrogen-bond donors (Lipinski definition) is 2. The van der Waals surface area contributed by atoms with Gasteiger partial charge in [0.15, 0.2) is 18.4 Å². The summed E-state index contributed by atoms with van der Waals surface area (Å²) in [6, 6.07) is 0. The molecule has 0 aromatic carbocycles. The number of ketones is 1. The van der Waals surface area contributed by atoms with Crippen molar-refractivity contribution in [2.45, 2.75) is 166 Å². The van der Waals surface area contributed by atoms with Crippen LogP contribution in [0.1, 0.15) is 74.1 Å². The number of rotatable bonds is 11. The number of aliphatic hydroxyl groups excluding tert-OH is 1. The lowest BCUT2D eigenvalue weighted by molar-refractivity contribution is -0.358. The van der Waals surface area contributed by atoms with Gasteiger partial charge >= 0.3 is 5.97 Å². The van der Waals surface area contributed by atoms with Crippen molar-refractivity contribution in [2.75, 3.05) is 35.0 Å². The van der Waals surface area contributed by atoms with Gasteiger partial charge in [0, 0.05) is 58.5 Å². The minimum atomic E-state index is -2.05. The van der Waals surface area contributed by atoms with E-state index in [1.54, 1.807) is 21.1 Å². The van der Waals surface area contributed by atoms with E-state index in [1.165, 1.54) is 14.2 Å². The maximum atomic E-state index is 14.0. The lowest BCUT2D eigenvalue weighted by atomic mass is 9.77. The molecule has 5 aliphatic rings. The molecular formula is C41H66O15. The molecule has 17 unspecified atom stereocenters. The highest BCUT2D eigenvalue weighted by Gasteiger charge is 2.57. The fourth-order valence-corrected chi connectivity index (χ4v) is 8.66. The minimum Gasteiger partial charge on any atom is -0.457 e. The molecule has 0 radical (unpaired) electrons. The number of Topliss-reactive ketones (excluding diaryl/α,β-unsaturated/α-hetero) is 1. The Labute approximate surface area is 331 Å². The molecule has 0 aliphatic carbocycles. The summed E-state index contributed by atoms with van der Waals surface area (Å²) >= 11 is 0. The lowest BCUT2D eigenvalue weighted by Crippen LogP contribution is -2.63. The summed E-state index contributed by atoms with van der Waals surface area (Å²) in [6.07, 6.45) is -2.52. The first-order valence-electron chi connectivity index (χ1n) is 20.0. The van der Waals surface area contributed by atoms with Crippen molar-refractivity contribution in [1.82, 2.24) is 0 Å². The van der Waals surface area contributed by atoms with E-state index in [-0.39, 0.29) is 31.8 Å². The lowest BCUT2D eigenvalue weighted by Gasteiger charge is -2.48. The molecule has 0 amide bonds. The fraction of sp³-hybridized carbons (Fsp3) is 0.854. The molecule has 320 valence electrons. The van der Waals surface area contributed by atoms with Crippen molar-refractivity contribution in [2.24, 2.45) is 23.2 Å². The van der Waals surface area contributed by atoms with E-state index in [2.05, 4.69) is 13.8 Å². The van der Waals surface area contributed by atoms with Crippen molar-refractivity contribution in [3.05, 3.63) is 24.3 Å². The van der Waals surface area contributed by atoms with Gasteiger partial charge in [-0.05, 0) is 25.3 Å². The molecule has 15 heteroatoms. The average molecular weight is 799 g/mol. The molecule has 5 fully saturated rings. The predicted molar refractivity (Wildman–Crippen MR) is 200 cm³/mol. The summed E-state index contributed by atoms with van der Waals surface area (Å²) in [4.78, 5) is 27.8. The zero-order valence-corrected chi connectivity index (χ0v) is 34.9. The number of fused-ring (bicyclic) bond motifs is 4. The monoisotopic (exact) mass is 798 g/mol. The highest BCUT2D eigenvalue weighted by atomic mass is 16.8. The van der Waals surface area contributed by atoms with Crippen LogP contribution in [0.25, 0.3) is 0 Å². The predicted octanol–water partition coefficient (Wildman–Crippen LogP) is 3.26. The maximum absolute atomic E-state index is 14.0. The largest absolute Gasteiger partial charge is 0.457 e. The smallest absolute Gasteiger partial charge is 0.309 e. The Kier molecular flexibility index (Phi) is 15.4. The Balaban J connectivity index is 1.39. The van der Waals surface area contributed by atoms with Gasteiger partial charge in [-0.2, -0.15) is 0 Å². The summed E-state index contributed by atoms with van der Waals surface area (Å²) in [5.41, 5.74) is -0.797. The Bertz CT molecular complexity index is 1370. The normalized spacial score (nSPS) is 45.1. The van der Waals surface area contributed by atoms with Crippen LogP contribution in [0.5, 0.6) is 0 Å². The topological polar surface area (TPSA) is 176 Å². The van der Waals surface area contributed by atoms with Crippen LogP contribution in [0, 0.1) is 23.2 Å². The number of allylic oxidation sites excluding steroid dienone is 3. The van der Waals surface area contributed by atoms with Gasteiger partial charge in [0.05, 0.1) is 43.5 Å². The molecule has 4 bridgehead atoms. The van der Waals surface area contributed by atoms with E-state index in [4.69, 9.17) is 52.1 Å². The molecule has 0 aromatic heterocycles. The van der Waals surface area contributed by atoms with E-state index >= 15 is 0 Å². The SMILES string of the molecule is COC1C(C)OC(OC2C(O)COC(OC3CC4CC(=O)C5(O)OC(CC5C)C(C)(C)C(C=CC=CC(C)C)OC(=O)CC(O4)C3C)C2OC)C(OC)C1OC. The third kappa shape index (κ3) is 9.61. The van der Waals surface area contributed by atoms with E-state index in [0.29, 0.717) is 12.3 Å². The molecule has 0 spiro atoms. The molecule has 56 heavy (non-hydrogen) atoms. The first-order chi connectivity index (χ1) is 26.5. The quantitative estimate of drug-likeness (QED) is 0.230. The van der Waals surface area contributed by atoms with Crippen LogP contribution in [0.4, 0.5) is 0 Å². The van der Waals surface area contributed by atoms with Crippen molar-refractivity contribution in [3.63, 3.8) is 0 Å². The second-order valence-corrected chi connectivity index (χ2v) is 17.0. The summed E-state index contributed by atoms with van der Waals surface area (Å²) < 4.78 is 67.2. The Morgan fingerprint density at radius 3 is 2.12 bits per heavy atom. The first kappa shape index (κ1) is 45.2. The first-order valence-corrected chi connectivity index (χ1v) is 20.0. The van der Waals surface area contributed by atoms with Gasteiger partial charge in [-0.15, -0.1) is 0 Å². The zero-order valence-electron chi connectivity index (χ0n) is 34.9. The van der Waals surface area contributed by atoms with Crippen molar-refractivity contribution >= 4 is 11.8 Å². The standard InChI is InChI=1S/C41H66O15/c1-21(2)14-12-13-15-30-40(6,7)31-16-22(3)41(45,56-31)29(43)18-25-17-27(23(4)28(52-25)19-32(44)54-30)53-38-36(48-10)34(26(42)20-50-38)55-39-37(49-11)35(47-9)33(46-8)24(5)51-39/h12-15,21-28,30-31,33-39,42,45H,16-20H2,1-11H3. The van der Waals surface area contributed by atoms with Gasteiger partial charge in [-0.1, -0.05) is 59.8 Å². The molecule has 0 saturated carbocycles. The number of aliphatic hydroxyl groups is 2. The van der Waals surface area contributed by atoms with Gasteiger partial charge in [-0.25, -0.2) is 0 Å². The second-order valence-electron chi connectivity index (χ2n) is 17.0. The van der Waals surface area contributed by atoms with Crippen LogP contribution < -0.4 is 0 Å². The van der Waals surface area contributed by atoms with Crippen LogP contribution in [-0.2, 0) is 61.7 Å². The molecule has 5 aliphatic heterocycles. The summed E-state index contributed by atoms with van der Waals surface area (Å²) in [5.74, 6) is -3.62. The third-order valence-corrected chi connectivity index (χ3v) is 12.3. The highest BCUT2D eigenvalue weighted by Crippen LogP contribution is 2.46. The Hall–Kier alpha value is -1.86. The van der Waals surface area contributed by atoms with Gasteiger partial charge in [0.1, 0.15) is 42.7 Å². The number of ether oxygens (including phenoxy) is 11. The van der Waals surface area contributed by atoms with Crippen molar-refractivity contribution in [3.8, 4) is 0 Å². The van der Waals surface area contributed by atoms with E-state index in [9.17, 15) is 19.8 Å². The molecule has 5 saturated heterocycles. The minimum absolute atomic E-state index is 0.109.